The van der Waals surface area contributed by atoms with E-state index in [-0.39, 0.29) is 17.9 Å². The fourth-order valence-corrected chi connectivity index (χ4v) is 3.32. The van der Waals surface area contributed by atoms with Crippen LogP contribution in [0.5, 0.6) is 0 Å². The summed E-state index contributed by atoms with van der Waals surface area (Å²) in [5.74, 6) is -1.44. The zero-order valence-corrected chi connectivity index (χ0v) is 14.1. The highest BCUT2D eigenvalue weighted by atomic mass is 32.2. The highest BCUT2D eigenvalue weighted by Crippen LogP contribution is 2.13. The number of carboxylic acids is 1. The molecule has 2 unspecified atom stereocenters. The van der Waals surface area contributed by atoms with Crippen molar-refractivity contribution in [2.75, 3.05) is 19.8 Å². The predicted octanol–water partition coefficient (Wildman–Crippen LogP) is 1.99. The summed E-state index contributed by atoms with van der Waals surface area (Å²) in [6.07, 6.45) is 0.388. The molecule has 1 rings (SSSR count). The maximum Gasteiger partial charge on any atom is 0.335 e. The Bertz CT molecular complexity index is 557. The zero-order chi connectivity index (χ0) is 17.2. The van der Waals surface area contributed by atoms with Gasteiger partial charge in [-0.3, -0.25) is 9.00 Å². The number of hydrogen-bond acceptors (Lipinski definition) is 5. The molecule has 0 saturated heterocycles. The molecule has 0 aliphatic carbocycles. The van der Waals surface area contributed by atoms with Crippen LogP contribution >= 0.6 is 0 Å². The van der Waals surface area contributed by atoms with Crippen LogP contribution in [0.25, 0.3) is 0 Å². The van der Waals surface area contributed by atoms with Crippen LogP contribution in [0.15, 0.2) is 24.3 Å². The quantitative estimate of drug-likeness (QED) is 0.517. The topological polar surface area (TPSA) is 89.9 Å². The van der Waals surface area contributed by atoms with Gasteiger partial charge in [0.2, 0.25) is 0 Å². The first kappa shape index (κ1) is 19.3. The minimum absolute atomic E-state index is 0.111. The molecule has 0 aliphatic rings. The molecule has 128 valence electrons. The molecule has 2 atom stereocenters. The molecule has 1 N–H and O–H groups in total. The van der Waals surface area contributed by atoms with E-state index >= 15 is 0 Å². The lowest BCUT2D eigenvalue weighted by atomic mass is 10.1. The van der Waals surface area contributed by atoms with Gasteiger partial charge in [-0.05, 0) is 31.0 Å². The Balaban J connectivity index is 2.64. The second kappa shape index (κ2) is 10.1. The zero-order valence-electron chi connectivity index (χ0n) is 13.3. The van der Waals surface area contributed by atoms with Crippen molar-refractivity contribution in [3.8, 4) is 0 Å². The van der Waals surface area contributed by atoms with Crippen LogP contribution in [0.1, 0.15) is 36.2 Å². The standard InChI is InChI=1S/C16H22O6S/c1-3-14(16(19)22-9-8-21-4-2)23(20)11-12-6-5-7-13(10-12)15(17)18/h5-7,10,14H,3-4,8-9,11H2,1-2H3,(H,17,18). The Labute approximate surface area is 138 Å². The Morgan fingerprint density at radius 3 is 2.61 bits per heavy atom. The van der Waals surface area contributed by atoms with Gasteiger partial charge in [-0.2, -0.15) is 0 Å². The molecule has 0 amide bonds. The third-order valence-corrected chi connectivity index (χ3v) is 4.89. The first-order chi connectivity index (χ1) is 11.0. The van der Waals surface area contributed by atoms with Crippen LogP contribution in [0.2, 0.25) is 0 Å². The smallest absolute Gasteiger partial charge is 0.335 e. The number of benzene rings is 1. The summed E-state index contributed by atoms with van der Waals surface area (Å²) in [5, 5.41) is 8.23. The molecule has 1 aromatic carbocycles. The molecule has 0 radical (unpaired) electrons. The first-order valence-corrected chi connectivity index (χ1v) is 8.81. The normalized spacial score (nSPS) is 13.3. The fraction of sp³-hybridized carbons (Fsp3) is 0.500. The average molecular weight is 342 g/mol. The number of esters is 1. The molecule has 23 heavy (non-hydrogen) atoms. The highest BCUT2D eigenvalue weighted by molar-refractivity contribution is 7.85. The van der Waals surface area contributed by atoms with E-state index in [4.69, 9.17) is 14.6 Å². The minimum Gasteiger partial charge on any atom is -0.478 e. The second-order valence-electron chi connectivity index (χ2n) is 4.79. The van der Waals surface area contributed by atoms with Crippen LogP contribution in [0.4, 0.5) is 0 Å². The van der Waals surface area contributed by atoms with Gasteiger partial charge in [0.05, 0.1) is 12.2 Å². The van der Waals surface area contributed by atoms with Gasteiger partial charge in [-0.25, -0.2) is 4.79 Å². The van der Waals surface area contributed by atoms with Gasteiger partial charge in [-0.15, -0.1) is 0 Å². The average Bonchev–Trinajstić information content (AvgIpc) is 2.52. The number of ether oxygens (including phenoxy) is 2. The maximum absolute atomic E-state index is 12.4. The summed E-state index contributed by atoms with van der Waals surface area (Å²) in [6, 6.07) is 6.22. The molecular formula is C16H22O6S. The Morgan fingerprint density at radius 2 is 2.00 bits per heavy atom. The second-order valence-corrected chi connectivity index (χ2v) is 6.41. The van der Waals surface area contributed by atoms with E-state index in [0.29, 0.717) is 25.2 Å². The van der Waals surface area contributed by atoms with Crippen molar-refractivity contribution in [3.05, 3.63) is 35.4 Å². The number of aromatic carboxylic acids is 1. The SMILES string of the molecule is CCOCCOC(=O)C(CC)S(=O)Cc1cccc(C(=O)O)c1. The third kappa shape index (κ3) is 6.50. The Hall–Kier alpha value is -1.73. The molecule has 7 heteroatoms. The largest absolute Gasteiger partial charge is 0.478 e. The molecule has 0 bridgehead atoms. The van der Waals surface area contributed by atoms with E-state index < -0.39 is 28.0 Å². The van der Waals surface area contributed by atoms with E-state index in [9.17, 15) is 13.8 Å². The molecule has 0 spiro atoms. The molecule has 1 aromatic rings. The Morgan fingerprint density at radius 1 is 1.26 bits per heavy atom. The number of hydrogen-bond donors (Lipinski definition) is 1. The lowest BCUT2D eigenvalue weighted by Crippen LogP contribution is -2.29. The number of carbonyl (C=O) groups excluding carboxylic acids is 1. The third-order valence-electron chi connectivity index (χ3n) is 3.11. The minimum atomic E-state index is -1.48. The fourth-order valence-electron chi connectivity index (χ4n) is 1.96. The van der Waals surface area contributed by atoms with Gasteiger partial charge in [0.25, 0.3) is 0 Å². The van der Waals surface area contributed by atoms with Crippen molar-refractivity contribution in [1.29, 1.82) is 0 Å². The summed E-state index contributed by atoms with van der Waals surface area (Å²) in [7, 11) is -1.48. The highest BCUT2D eigenvalue weighted by Gasteiger charge is 2.25. The van der Waals surface area contributed by atoms with Crippen molar-refractivity contribution in [3.63, 3.8) is 0 Å². The van der Waals surface area contributed by atoms with Crippen molar-refractivity contribution in [2.24, 2.45) is 0 Å². The number of carboxylic acid groups (broad SMARTS) is 1. The van der Waals surface area contributed by atoms with Gasteiger partial charge >= 0.3 is 11.9 Å². The van der Waals surface area contributed by atoms with Crippen LogP contribution in [-0.2, 0) is 30.8 Å². The van der Waals surface area contributed by atoms with Crippen molar-refractivity contribution in [1.82, 2.24) is 0 Å². The van der Waals surface area contributed by atoms with Gasteiger partial charge in [0.15, 0.2) is 0 Å². The van der Waals surface area contributed by atoms with Gasteiger partial charge in [0, 0.05) is 23.2 Å². The summed E-state index contributed by atoms with van der Waals surface area (Å²) in [4.78, 5) is 22.9. The summed E-state index contributed by atoms with van der Waals surface area (Å²) < 4.78 is 22.5. The van der Waals surface area contributed by atoms with E-state index in [1.807, 2.05) is 6.92 Å². The lowest BCUT2D eigenvalue weighted by molar-refractivity contribution is -0.144. The van der Waals surface area contributed by atoms with Gasteiger partial charge in [0.1, 0.15) is 11.9 Å². The van der Waals surface area contributed by atoms with Crippen molar-refractivity contribution < 1.29 is 28.4 Å². The number of carbonyl (C=O) groups is 2. The summed E-state index contributed by atoms with van der Waals surface area (Å²) in [5.41, 5.74) is 0.746. The van der Waals surface area contributed by atoms with Crippen LogP contribution in [0.3, 0.4) is 0 Å². The van der Waals surface area contributed by atoms with Gasteiger partial charge < -0.3 is 14.6 Å². The summed E-state index contributed by atoms with van der Waals surface area (Å²) in [6.45, 7) is 4.60. The van der Waals surface area contributed by atoms with E-state index in [0.717, 1.165) is 0 Å². The van der Waals surface area contributed by atoms with E-state index in [1.54, 1.807) is 19.1 Å². The van der Waals surface area contributed by atoms with Gasteiger partial charge in [-0.1, -0.05) is 19.1 Å². The van der Waals surface area contributed by atoms with Crippen LogP contribution in [0, 0.1) is 0 Å². The van der Waals surface area contributed by atoms with E-state index in [1.165, 1.54) is 12.1 Å². The lowest BCUT2D eigenvalue weighted by Gasteiger charge is -2.14. The molecule has 0 heterocycles. The summed E-state index contributed by atoms with van der Waals surface area (Å²) >= 11 is 0. The van der Waals surface area contributed by atoms with Crippen molar-refractivity contribution >= 4 is 22.7 Å². The molecule has 0 aromatic heterocycles. The molecule has 6 nitrogen and oxygen atoms in total. The molecule has 0 aliphatic heterocycles. The monoisotopic (exact) mass is 342 g/mol. The maximum atomic E-state index is 12.4. The van der Waals surface area contributed by atoms with E-state index in [2.05, 4.69) is 0 Å². The number of rotatable bonds is 10. The predicted molar refractivity (Wildman–Crippen MR) is 86.8 cm³/mol. The molecule has 0 saturated carbocycles. The van der Waals surface area contributed by atoms with Crippen molar-refractivity contribution in [2.45, 2.75) is 31.3 Å². The first-order valence-electron chi connectivity index (χ1n) is 7.43. The molecular weight excluding hydrogens is 320 g/mol. The van der Waals surface area contributed by atoms with Crippen LogP contribution in [-0.4, -0.2) is 46.3 Å². The Kier molecular flexibility index (Phi) is 8.50. The molecule has 0 fully saturated rings. The van der Waals surface area contributed by atoms with Crippen LogP contribution < -0.4 is 0 Å².